The number of benzene rings is 2. The standard InChI is InChI=1S/C20H24N4O/c1-24(15-17-4-3-5-18(12-17)25-2)11-10-21-14-16-6-7-19-20(13-16)23-9-8-22-19/h3-9,12-13,21H,10-11,14-15H2,1-2H3. The number of hydrogen-bond acceptors (Lipinski definition) is 5. The molecule has 0 fully saturated rings. The van der Waals surface area contributed by atoms with Crippen LogP contribution in [-0.2, 0) is 13.1 Å². The maximum Gasteiger partial charge on any atom is 0.119 e. The Balaban J connectivity index is 1.44. The van der Waals surface area contributed by atoms with Crippen LogP contribution < -0.4 is 10.1 Å². The Bertz CT molecular complexity index is 821. The maximum atomic E-state index is 5.27. The normalized spacial score (nSPS) is 11.2. The Kier molecular flexibility index (Phi) is 5.93. The van der Waals surface area contributed by atoms with Gasteiger partial charge in [0.1, 0.15) is 5.75 Å². The van der Waals surface area contributed by atoms with E-state index in [1.54, 1.807) is 19.5 Å². The van der Waals surface area contributed by atoms with Crippen molar-refractivity contribution in [1.29, 1.82) is 0 Å². The van der Waals surface area contributed by atoms with Crippen molar-refractivity contribution >= 4 is 11.0 Å². The summed E-state index contributed by atoms with van der Waals surface area (Å²) in [6.45, 7) is 3.65. The third-order valence-corrected chi connectivity index (χ3v) is 4.12. The van der Waals surface area contributed by atoms with Gasteiger partial charge < -0.3 is 15.0 Å². The topological polar surface area (TPSA) is 50.3 Å². The summed E-state index contributed by atoms with van der Waals surface area (Å²) in [7, 11) is 3.83. The molecule has 0 saturated heterocycles. The Labute approximate surface area is 148 Å². The Morgan fingerprint density at radius 1 is 1.00 bits per heavy atom. The summed E-state index contributed by atoms with van der Waals surface area (Å²) in [6.07, 6.45) is 3.45. The van der Waals surface area contributed by atoms with Crippen LogP contribution in [0.5, 0.6) is 5.75 Å². The summed E-state index contributed by atoms with van der Waals surface area (Å²) in [5.41, 5.74) is 4.36. The second kappa shape index (κ2) is 8.55. The highest BCUT2D eigenvalue weighted by Gasteiger charge is 2.02. The molecule has 0 unspecified atom stereocenters. The van der Waals surface area contributed by atoms with Crippen LogP contribution in [0, 0.1) is 0 Å². The first-order valence-electron chi connectivity index (χ1n) is 8.46. The zero-order valence-electron chi connectivity index (χ0n) is 14.8. The molecule has 5 nitrogen and oxygen atoms in total. The number of nitrogens with one attached hydrogen (secondary N) is 1. The van der Waals surface area contributed by atoms with Gasteiger partial charge in [-0.2, -0.15) is 0 Å². The molecule has 0 radical (unpaired) electrons. The molecule has 3 rings (SSSR count). The number of ether oxygens (including phenoxy) is 1. The first-order valence-corrected chi connectivity index (χ1v) is 8.46. The first kappa shape index (κ1) is 17.3. The largest absolute Gasteiger partial charge is 0.497 e. The third-order valence-electron chi connectivity index (χ3n) is 4.12. The second-order valence-electron chi connectivity index (χ2n) is 6.15. The molecule has 0 atom stereocenters. The summed E-state index contributed by atoms with van der Waals surface area (Å²) >= 11 is 0. The van der Waals surface area contributed by atoms with Gasteiger partial charge in [-0.15, -0.1) is 0 Å². The van der Waals surface area contributed by atoms with E-state index in [0.717, 1.165) is 43.0 Å². The van der Waals surface area contributed by atoms with E-state index in [9.17, 15) is 0 Å². The van der Waals surface area contributed by atoms with Crippen LogP contribution in [0.3, 0.4) is 0 Å². The van der Waals surface area contributed by atoms with Gasteiger partial charge >= 0.3 is 0 Å². The minimum atomic E-state index is 0.833. The van der Waals surface area contributed by atoms with E-state index < -0.39 is 0 Å². The SMILES string of the molecule is COc1cccc(CN(C)CCNCc2ccc3nccnc3c2)c1. The number of likely N-dealkylation sites (N-methyl/N-ethyl adjacent to an activating group) is 1. The molecule has 0 aliphatic heterocycles. The van der Waals surface area contributed by atoms with Crippen molar-refractivity contribution in [3.63, 3.8) is 0 Å². The molecule has 1 N–H and O–H groups in total. The zero-order chi connectivity index (χ0) is 17.5. The summed E-state index contributed by atoms with van der Waals surface area (Å²) < 4.78 is 5.27. The quantitative estimate of drug-likeness (QED) is 0.641. The third kappa shape index (κ3) is 4.98. The highest BCUT2D eigenvalue weighted by molar-refractivity contribution is 5.74. The summed E-state index contributed by atoms with van der Waals surface area (Å²) in [4.78, 5) is 10.9. The maximum absolute atomic E-state index is 5.27. The molecule has 130 valence electrons. The van der Waals surface area contributed by atoms with E-state index in [1.165, 1.54) is 11.1 Å². The van der Waals surface area contributed by atoms with E-state index in [4.69, 9.17) is 4.74 Å². The summed E-state index contributed by atoms with van der Waals surface area (Å²) in [6, 6.07) is 14.4. The van der Waals surface area contributed by atoms with Crippen LogP contribution in [0.4, 0.5) is 0 Å². The Morgan fingerprint density at radius 3 is 2.68 bits per heavy atom. The monoisotopic (exact) mass is 336 g/mol. The molecule has 5 heteroatoms. The fraction of sp³-hybridized carbons (Fsp3) is 0.300. The number of fused-ring (bicyclic) bond motifs is 1. The van der Waals surface area contributed by atoms with E-state index in [0.29, 0.717) is 0 Å². The van der Waals surface area contributed by atoms with Gasteiger partial charge in [0.15, 0.2) is 0 Å². The number of rotatable bonds is 8. The lowest BCUT2D eigenvalue weighted by atomic mass is 10.2. The molecule has 0 aliphatic carbocycles. The number of methoxy groups -OCH3 is 1. The fourth-order valence-electron chi connectivity index (χ4n) is 2.78. The van der Waals surface area contributed by atoms with Crippen LogP contribution in [-0.4, -0.2) is 42.1 Å². The van der Waals surface area contributed by atoms with Gasteiger partial charge in [0.2, 0.25) is 0 Å². The first-order chi connectivity index (χ1) is 12.2. The molecule has 25 heavy (non-hydrogen) atoms. The Hall–Kier alpha value is -2.50. The van der Waals surface area contributed by atoms with Crippen molar-refractivity contribution in [2.75, 3.05) is 27.2 Å². The minimum absolute atomic E-state index is 0.833. The van der Waals surface area contributed by atoms with Gasteiger partial charge in [-0.1, -0.05) is 18.2 Å². The molecule has 0 amide bonds. The Morgan fingerprint density at radius 2 is 1.84 bits per heavy atom. The molecular formula is C20H24N4O. The van der Waals surface area contributed by atoms with Gasteiger partial charge in [-0.25, -0.2) is 0 Å². The average molecular weight is 336 g/mol. The van der Waals surface area contributed by atoms with Crippen LogP contribution >= 0.6 is 0 Å². The van der Waals surface area contributed by atoms with Crippen molar-refractivity contribution in [2.45, 2.75) is 13.1 Å². The van der Waals surface area contributed by atoms with Gasteiger partial charge in [-0.3, -0.25) is 9.97 Å². The van der Waals surface area contributed by atoms with E-state index >= 15 is 0 Å². The molecular weight excluding hydrogens is 312 g/mol. The molecule has 1 heterocycles. The lowest BCUT2D eigenvalue weighted by Crippen LogP contribution is -2.28. The molecule has 0 aliphatic rings. The second-order valence-corrected chi connectivity index (χ2v) is 6.15. The van der Waals surface area contributed by atoms with Crippen LogP contribution in [0.15, 0.2) is 54.9 Å². The number of aromatic nitrogens is 2. The van der Waals surface area contributed by atoms with Gasteiger partial charge in [0.05, 0.1) is 18.1 Å². The van der Waals surface area contributed by atoms with E-state index in [-0.39, 0.29) is 0 Å². The van der Waals surface area contributed by atoms with Crippen molar-refractivity contribution in [3.05, 3.63) is 66.0 Å². The van der Waals surface area contributed by atoms with E-state index in [2.05, 4.69) is 51.5 Å². The van der Waals surface area contributed by atoms with Crippen LogP contribution in [0.1, 0.15) is 11.1 Å². The average Bonchev–Trinajstić information content (AvgIpc) is 2.65. The predicted octanol–water partition coefficient (Wildman–Crippen LogP) is 2.86. The number of hydrogen-bond donors (Lipinski definition) is 1. The van der Waals surface area contributed by atoms with Gasteiger partial charge in [0, 0.05) is 38.6 Å². The van der Waals surface area contributed by atoms with Crippen molar-refractivity contribution in [2.24, 2.45) is 0 Å². The summed E-state index contributed by atoms with van der Waals surface area (Å²) in [5, 5.41) is 3.49. The number of nitrogens with zero attached hydrogens (tertiary/aromatic N) is 3. The zero-order valence-corrected chi connectivity index (χ0v) is 14.8. The van der Waals surface area contributed by atoms with Crippen LogP contribution in [0.2, 0.25) is 0 Å². The van der Waals surface area contributed by atoms with Crippen molar-refractivity contribution in [1.82, 2.24) is 20.2 Å². The van der Waals surface area contributed by atoms with Crippen molar-refractivity contribution in [3.8, 4) is 5.75 Å². The molecule has 1 aromatic heterocycles. The molecule has 0 saturated carbocycles. The highest BCUT2D eigenvalue weighted by atomic mass is 16.5. The van der Waals surface area contributed by atoms with Crippen molar-refractivity contribution < 1.29 is 4.74 Å². The lowest BCUT2D eigenvalue weighted by molar-refractivity contribution is 0.323. The summed E-state index contributed by atoms with van der Waals surface area (Å²) in [5.74, 6) is 0.906. The predicted molar refractivity (Wildman–Crippen MR) is 101 cm³/mol. The smallest absolute Gasteiger partial charge is 0.119 e. The molecule has 3 aromatic rings. The highest BCUT2D eigenvalue weighted by Crippen LogP contribution is 2.14. The van der Waals surface area contributed by atoms with E-state index in [1.807, 2.05) is 18.2 Å². The van der Waals surface area contributed by atoms with Gasteiger partial charge in [0.25, 0.3) is 0 Å². The minimum Gasteiger partial charge on any atom is -0.497 e. The lowest BCUT2D eigenvalue weighted by Gasteiger charge is -2.17. The molecule has 0 bridgehead atoms. The van der Waals surface area contributed by atoms with Crippen LogP contribution in [0.25, 0.3) is 11.0 Å². The molecule has 0 spiro atoms. The van der Waals surface area contributed by atoms with Gasteiger partial charge in [-0.05, 0) is 42.4 Å². The fourth-order valence-corrected chi connectivity index (χ4v) is 2.78. The molecule has 2 aromatic carbocycles.